The number of nitrogens with zero attached hydrogens (tertiary/aromatic N) is 2. The first-order chi connectivity index (χ1) is 14.6. The van der Waals surface area contributed by atoms with Crippen LogP contribution in [0.3, 0.4) is 0 Å². The molecule has 6 nitrogen and oxygen atoms in total. The SMILES string of the molecule is CCCCCCCCON1C(C)(C)CC(c2ccn(O)c2CCC(=O)OC)CC1(C)C. The van der Waals surface area contributed by atoms with Crippen LogP contribution in [0.4, 0.5) is 0 Å². The Labute approximate surface area is 188 Å². The number of hydroxylamine groups is 2. The lowest BCUT2D eigenvalue weighted by molar-refractivity contribution is -0.283. The van der Waals surface area contributed by atoms with Gasteiger partial charge in [0, 0.05) is 23.7 Å². The van der Waals surface area contributed by atoms with E-state index >= 15 is 0 Å². The normalized spacial score (nSPS) is 18.9. The van der Waals surface area contributed by atoms with Crippen LogP contribution in [0.5, 0.6) is 0 Å². The van der Waals surface area contributed by atoms with Gasteiger partial charge in [0.05, 0.1) is 25.8 Å². The molecule has 0 saturated carbocycles. The van der Waals surface area contributed by atoms with E-state index < -0.39 is 0 Å². The van der Waals surface area contributed by atoms with Gasteiger partial charge in [0.25, 0.3) is 0 Å². The van der Waals surface area contributed by atoms with Crippen LogP contribution in [0.1, 0.15) is 110 Å². The molecule has 1 saturated heterocycles. The molecule has 31 heavy (non-hydrogen) atoms. The third-order valence-corrected chi connectivity index (χ3v) is 6.55. The second kappa shape index (κ2) is 11.4. The van der Waals surface area contributed by atoms with Crippen molar-refractivity contribution < 1.29 is 19.6 Å². The van der Waals surface area contributed by atoms with Gasteiger partial charge < -0.3 is 9.94 Å². The van der Waals surface area contributed by atoms with Crippen LogP contribution in [0.15, 0.2) is 12.3 Å². The molecule has 0 aliphatic carbocycles. The van der Waals surface area contributed by atoms with Gasteiger partial charge in [0.2, 0.25) is 0 Å². The fraction of sp³-hybridized carbons (Fsp3) is 0.800. The first-order valence-electron chi connectivity index (χ1n) is 12.0. The smallest absolute Gasteiger partial charge is 0.305 e. The first kappa shape index (κ1) is 25.7. The molecule has 0 unspecified atom stereocenters. The highest BCUT2D eigenvalue weighted by Gasteiger charge is 2.47. The van der Waals surface area contributed by atoms with Crippen molar-refractivity contribution in [2.75, 3.05) is 13.7 Å². The maximum atomic E-state index is 11.6. The number of rotatable bonds is 12. The molecule has 2 rings (SSSR count). The predicted molar refractivity (Wildman–Crippen MR) is 123 cm³/mol. The van der Waals surface area contributed by atoms with Crippen LogP contribution >= 0.6 is 0 Å². The number of esters is 1. The quantitative estimate of drug-likeness (QED) is 0.253. The Morgan fingerprint density at radius 2 is 1.71 bits per heavy atom. The van der Waals surface area contributed by atoms with E-state index in [2.05, 4.69) is 39.7 Å². The van der Waals surface area contributed by atoms with E-state index in [0.29, 0.717) is 12.3 Å². The van der Waals surface area contributed by atoms with Crippen molar-refractivity contribution in [1.29, 1.82) is 0 Å². The number of piperidine rings is 1. The third-order valence-electron chi connectivity index (χ3n) is 6.55. The van der Waals surface area contributed by atoms with Gasteiger partial charge in [0.1, 0.15) is 0 Å². The first-order valence-corrected chi connectivity index (χ1v) is 12.0. The van der Waals surface area contributed by atoms with E-state index in [4.69, 9.17) is 9.57 Å². The lowest BCUT2D eigenvalue weighted by Crippen LogP contribution is -2.60. The van der Waals surface area contributed by atoms with Gasteiger partial charge >= 0.3 is 5.97 Å². The van der Waals surface area contributed by atoms with Gasteiger partial charge in [-0.3, -0.25) is 9.63 Å². The predicted octanol–water partition coefficient (Wildman–Crippen LogP) is 5.86. The number of aromatic nitrogens is 1. The third kappa shape index (κ3) is 6.98. The molecule has 6 heteroatoms. The highest BCUT2D eigenvalue weighted by Crippen LogP contribution is 2.46. The van der Waals surface area contributed by atoms with Crippen LogP contribution < -0.4 is 0 Å². The molecule has 0 atom stereocenters. The Hall–Kier alpha value is -1.53. The standard InChI is InChI=1S/C25H44N2O4/c1-7-8-9-10-11-12-17-31-27-24(2,3)18-20(19-25(27,4)5)21-15-16-26(29)22(21)13-14-23(28)30-6/h15-16,20,29H,7-14,17-19H2,1-6H3. The summed E-state index contributed by atoms with van der Waals surface area (Å²) < 4.78 is 5.94. The van der Waals surface area contributed by atoms with Crippen molar-refractivity contribution in [3.05, 3.63) is 23.5 Å². The summed E-state index contributed by atoms with van der Waals surface area (Å²) in [5, 5.41) is 12.5. The summed E-state index contributed by atoms with van der Waals surface area (Å²) in [5.74, 6) is 0.0330. The lowest BCUT2D eigenvalue weighted by atomic mass is 9.72. The van der Waals surface area contributed by atoms with Gasteiger partial charge in [-0.25, -0.2) is 0 Å². The minimum atomic E-state index is -0.259. The van der Waals surface area contributed by atoms with Crippen LogP contribution in [0, 0.1) is 0 Å². The number of hydrogen-bond donors (Lipinski definition) is 1. The van der Waals surface area contributed by atoms with Gasteiger partial charge in [-0.05, 0) is 64.5 Å². The molecule has 0 spiro atoms. The van der Waals surface area contributed by atoms with Gasteiger partial charge in [-0.15, -0.1) is 0 Å². The molecule has 1 aromatic rings. The minimum Gasteiger partial charge on any atom is -0.469 e. The Kier molecular flexibility index (Phi) is 9.44. The Balaban J connectivity index is 2.02. The second-order valence-electron chi connectivity index (χ2n) is 10.3. The molecule has 0 radical (unpaired) electrons. The van der Waals surface area contributed by atoms with Crippen molar-refractivity contribution in [2.45, 2.75) is 116 Å². The lowest BCUT2D eigenvalue weighted by Gasteiger charge is -2.54. The second-order valence-corrected chi connectivity index (χ2v) is 10.3. The summed E-state index contributed by atoms with van der Waals surface area (Å²) in [5.41, 5.74) is 1.67. The molecule has 0 bridgehead atoms. The Bertz CT molecular complexity index is 678. The maximum Gasteiger partial charge on any atom is 0.305 e. The molecular weight excluding hydrogens is 392 g/mol. The van der Waals surface area contributed by atoms with Gasteiger partial charge in [-0.2, -0.15) is 9.79 Å². The summed E-state index contributed by atoms with van der Waals surface area (Å²) in [6.07, 6.45) is 11.8. The van der Waals surface area contributed by atoms with E-state index in [1.54, 1.807) is 6.20 Å². The molecule has 1 aliphatic heterocycles. The molecule has 178 valence electrons. The van der Waals surface area contributed by atoms with Crippen LogP contribution in [-0.4, -0.2) is 45.8 Å². The molecule has 1 aromatic heterocycles. The topological polar surface area (TPSA) is 63.9 Å². The summed E-state index contributed by atoms with van der Waals surface area (Å²) in [6.45, 7) is 12.0. The maximum absolute atomic E-state index is 11.6. The van der Waals surface area contributed by atoms with Gasteiger partial charge in [0.15, 0.2) is 0 Å². The van der Waals surface area contributed by atoms with E-state index in [1.807, 2.05) is 6.07 Å². The highest BCUT2D eigenvalue weighted by molar-refractivity contribution is 5.69. The number of unbranched alkanes of at least 4 members (excludes halogenated alkanes) is 5. The zero-order chi connectivity index (χ0) is 23.1. The molecule has 1 aliphatic rings. The van der Waals surface area contributed by atoms with Crippen molar-refractivity contribution in [3.63, 3.8) is 0 Å². The Morgan fingerprint density at radius 3 is 2.32 bits per heavy atom. The van der Waals surface area contributed by atoms with E-state index in [0.717, 1.165) is 37.1 Å². The summed E-state index contributed by atoms with van der Waals surface area (Å²) in [4.78, 5) is 18.0. The molecule has 1 N–H and O–H groups in total. The summed E-state index contributed by atoms with van der Waals surface area (Å²) in [6, 6.07) is 2.00. The average Bonchev–Trinajstić information content (AvgIpc) is 3.06. The molecule has 1 fully saturated rings. The molecule has 2 heterocycles. The highest BCUT2D eigenvalue weighted by atomic mass is 16.7. The molecule has 0 amide bonds. The average molecular weight is 437 g/mol. The number of carbonyl (C=O) groups excluding carboxylic acids is 1. The van der Waals surface area contributed by atoms with Crippen molar-refractivity contribution in [2.24, 2.45) is 0 Å². The van der Waals surface area contributed by atoms with Crippen molar-refractivity contribution in [3.8, 4) is 0 Å². The zero-order valence-corrected chi connectivity index (χ0v) is 20.6. The van der Waals surface area contributed by atoms with E-state index in [-0.39, 0.29) is 23.5 Å². The number of hydrogen-bond acceptors (Lipinski definition) is 5. The van der Waals surface area contributed by atoms with E-state index in [1.165, 1.54) is 43.9 Å². The van der Waals surface area contributed by atoms with E-state index in [9.17, 15) is 10.0 Å². The molecular formula is C25H44N2O4. The summed E-state index contributed by atoms with van der Waals surface area (Å²) in [7, 11) is 1.40. The fourth-order valence-corrected chi connectivity index (χ4v) is 5.29. The number of ether oxygens (including phenoxy) is 1. The summed E-state index contributed by atoms with van der Waals surface area (Å²) >= 11 is 0. The van der Waals surface area contributed by atoms with Gasteiger partial charge in [-0.1, -0.05) is 39.0 Å². The zero-order valence-electron chi connectivity index (χ0n) is 20.6. The van der Waals surface area contributed by atoms with Crippen LogP contribution in [0.2, 0.25) is 0 Å². The molecule has 0 aromatic carbocycles. The number of carbonyl (C=O) groups is 1. The Morgan fingerprint density at radius 1 is 1.10 bits per heavy atom. The van der Waals surface area contributed by atoms with Crippen molar-refractivity contribution in [1.82, 2.24) is 9.79 Å². The minimum absolute atomic E-state index is 0.133. The number of methoxy groups -OCH3 is 1. The van der Waals surface area contributed by atoms with Crippen LogP contribution in [-0.2, 0) is 20.8 Å². The van der Waals surface area contributed by atoms with Crippen LogP contribution in [0.25, 0.3) is 0 Å². The monoisotopic (exact) mass is 436 g/mol. The fourth-order valence-electron chi connectivity index (χ4n) is 5.29. The van der Waals surface area contributed by atoms with Crippen molar-refractivity contribution >= 4 is 5.97 Å². The largest absolute Gasteiger partial charge is 0.469 e.